The number of methoxy groups -OCH3 is 1. The number of morpholine rings is 1. The minimum absolute atomic E-state index is 0.0411. The fraction of sp³-hybridized carbons (Fsp3) is 0.385. The van der Waals surface area contributed by atoms with Crippen molar-refractivity contribution in [3.8, 4) is 11.1 Å². The zero-order valence-electron chi connectivity index (χ0n) is 30.4. The summed E-state index contributed by atoms with van der Waals surface area (Å²) in [4.78, 5) is 45.0. The fourth-order valence-corrected chi connectivity index (χ4v) is 4.18. The number of quaternary nitrogens is 1. The van der Waals surface area contributed by atoms with Crippen LogP contribution in [-0.2, 0) is 33.3 Å². The van der Waals surface area contributed by atoms with Gasteiger partial charge in [-0.15, -0.1) is 0 Å². The maximum absolute atomic E-state index is 13.2. The second kappa shape index (κ2) is 21.2. The number of rotatable bonds is 8. The van der Waals surface area contributed by atoms with E-state index in [1.165, 1.54) is 20.1 Å². The Morgan fingerprint density at radius 3 is 2.08 bits per heavy atom. The van der Waals surface area contributed by atoms with Crippen molar-refractivity contribution in [3.63, 3.8) is 0 Å². The molecule has 10 heteroatoms. The van der Waals surface area contributed by atoms with E-state index in [4.69, 9.17) is 13.9 Å². The number of hydrogen-bond acceptors (Lipinski definition) is 9. The van der Waals surface area contributed by atoms with Gasteiger partial charge in [0.15, 0.2) is 11.0 Å². The van der Waals surface area contributed by atoms with Gasteiger partial charge in [-0.3, -0.25) is 14.4 Å². The van der Waals surface area contributed by atoms with Gasteiger partial charge in [0.25, 0.3) is 6.47 Å². The van der Waals surface area contributed by atoms with E-state index in [0.29, 0.717) is 55.2 Å². The predicted octanol–water partition coefficient (Wildman–Crippen LogP) is 7.54. The van der Waals surface area contributed by atoms with Crippen LogP contribution in [0.25, 0.3) is 22.1 Å². The second-order valence-electron chi connectivity index (χ2n) is 11.7. The van der Waals surface area contributed by atoms with Gasteiger partial charge >= 0.3 is 17.8 Å². The number of fused-ring (bicyclic) bond motifs is 1. The summed E-state index contributed by atoms with van der Waals surface area (Å²) >= 11 is 0. The minimum Gasteiger partial charge on any atom is -0.469 e. The van der Waals surface area contributed by atoms with Crippen molar-refractivity contribution in [1.29, 1.82) is 0 Å². The van der Waals surface area contributed by atoms with Gasteiger partial charge < -0.3 is 23.4 Å². The number of carbonyl (C=O) groups excluding carboxylic acids is 3. The fourth-order valence-electron chi connectivity index (χ4n) is 4.18. The summed E-state index contributed by atoms with van der Waals surface area (Å²) in [6.45, 7) is 20.6. The molecule has 1 aliphatic heterocycles. The first-order valence-corrected chi connectivity index (χ1v) is 16.1. The molecular weight excluding hydrogens is 626 g/mol. The van der Waals surface area contributed by atoms with Crippen LogP contribution < -0.4 is 9.91 Å². The number of esters is 2. The van der Waals surface area contributed by atoms with Gasteiger partial charge in [0.2, 0.25) is 6.73 Å². The number of allylic oxidation sites excluding steroid dienone is 4. The highest BCUT2D eigenvalue weighted by Crippen LogP contribution is 2.33. The van der Waals surface area contributed by atoms with Crippen molar-refractivity contribution in [3.05, 3.63) is 101 Å². The van der Waals surface area contributed by atoms with Crippen LogP contribution in [0.2, 0.25) is 0 Å². The molecule has 1 saturated heterocycles. The molecule has 10 nitrogen and oxygen atoms in total. The number of benzene rings is 2. The van der Waals surface area contributed by atoms with Gasteiger partial charge in [0.05, 0.1) is 31.8 Å². The molecule has 0 atom stereocenters. The molecule has 0 radical (unpaired) electrons. The van der Waals surface area contributed by atoms with E-state index in [1.807, 2.05) is 90.1 Å². The first-order valence-electron chi connectivity index (χ1n) is 16.1. The Balaban J connectivity index is 0.000000727. The lowest BCUT2D eigenvalue weighted by molar-refractivity contribution is -0.145. The lowest BCUT2D eigenvalue weighted by atomic mass is 10.0. The number of hydrogen-bond donors (Lipinski definition) is 0. The van der Waals surface area contributed by atoms with Crippen molar-refractivity contribution >= 4 is 35.3 Å². The van der Waals surface area contributed by atoms with Gasteiger partial charge in [-0.1, -0.05) is 86.7 Å². The van der Waals surface area contributed by atoms with Crippen LogP contribution in [0.1, 0.15) is 55.4 Å². The molecule has 0 spiro atoms. The van der Waals surface area contributed by atoms with Crippen LogP contribution in [0.15, 0.2) is 99.8 Å². The molecule has 0 unspecified atom stereocenters. The highest BCUT2D eigenvalue weighted by molar-refractivity contribution is 5.92. The van der Waals surface area contributed by atoms with E-state index in [9.17, 15) is 19.2 Å². The SMILES string of the molecule is C=C/C(C)=C\C=C(/C)C(=O)OC[N+]1(c2cc(=O)c3cccc(-c4ccccc4)c3o2)CCOCC1.CC.CC(C)(C)OC=O.COC(C)=O. The van der Waals surface area contributed by atoms with E-state index in [-0.39, 0.29) is 28.2 Å². The maximum atomic E-state index is 13.2. The van der Waals surface area contributed by atoms with E-state index in [0.717, 1.165) is 16.7 Å². The summed E-state index contributed by atoms with van der Waals surface area (Å²) in [5, 5.41) is 0.515. The van der Waals surface area contributed by atoms with Crippen LogP contribution in [0.3, 0.4) is 0 Å². The number of carbonyl (C=O) groups is 3. The topological polar surface area (TPSA) is 118 Å². The van der Waals surface area contributed by atoms with E-state index in [2.05, 4.69) is 16.1 Å². The lowest BCUT2D eigenvalue weighted by Crippen LogP contribution is -2.58. The van der Waals surface area contributed by atoms with Gasteiger partial charge in [-0.2, -0.15) is 0 Å². The first-order chi connectivity index (χ1) is 23.3. The normalized spacial score (nSPS) is 13.9. The van der Waals surface area contributed by atoms with Crippen molar-refractivity contribution in [2.45, 2.75) is 61.0 Å². The summed E-state index contributed by atoms with van der Waals surface area (Å²) in [5.41, 5.74) is 3.30. The predicted molar refractivity (Wildman–Crippen MR) is 195 cm³/mol. The van der Waals surface area contributed by atoms with Crippen molar-refractivity contribution < 1.29 is 37.7 Å². The van der Waals surface area contributed by atoms with Crippen molar-refractivity contribution in [2.24, 2.45) is 0 Å². The van der Waals surface area contributed by atoms with Crippen LogP contribution in [0.4, 0.5) is 5.88 Å². The Labute approximate surface area is 290 Å². The molecule has 49 heavy (non-hydrogen) atoms. The average Bonchev–Trinajstić information content (AvgIpc) is 3.10. The monoisotopic (exact) mass is 678 g/mol. The summed E-state index contributed by atoms with van der Waals surface area (Å²) in [6.07, 6.45) is 5.25. The van der Waals surface area contributed by atoms with E-state index >= 15 is 0 Å². The van der Waals surface area contributed by atoms with Gasteiger partial charge in [0.1, 0.15) is 18.7 Å². The van der Waals surface area contributed by atoms with Crippen molar-refractivity contribution in [2.75, 3.05) is 40.1 Å². The quantitative estimate of drug-likeness (QED) is 0.0595. The molecule has 4 rings (SSSR count). The summed E-state index contributed by atoms with van der Waals surface area (Å²) < 4.78 is 26.6. The molecule has 0 amide bonds. The number of para-hydroxylation sites is 1. The molecular formula is C39H52NO9+. The molecule has 0 N–H and O–H groups in total. The molecule has 2 aromatic carbocycles. The van der Waals surface area contributed by atoms with Gasteiger partial charge in [-0.25, -0.2) is 9.28 Å². The Morgan fingerprint density at radius 2 is 1.57 bits per heavy atom. The molecule has 3 aromatic rings. The third-order valence-electron chi connectivity index (χ3n) is 6.99. The molecule has 1 fully saturated rings. The summed E-state index contributed by atoms with van der Waals surface area (Å²) in [5.74, 6) is -0.203. The molecule has 2 heterocycles. The average molecular weight is 679 g/mol. The Kier molecular flexibility index (Phi) is 18.3. The Morgan fingerprint density at radius 1 is 0.959 bits per heavy atom. The zero-order valence-corrected chi connectivity index (χ0v) is 30.4. The van der Waals surface area contributed by atoms with E-state index in [1.54, 1.807) is 25.1 Å². The smallest absolute Gasteiger partial charge is 0.338 e. The third-order valence-corrected chi connectivity index (χ3v) is 6.99. The highest BCUT2D eigenvalue weighted by atomic mass is 16.6. The van der Waals surface area contributed by atoms with Crippen LogP contribution in [-0.4, -0.2) is 64.2 Å². The van der Waals surface area contributed by atoms with Crippen LogP contribution in [0.5, 0.6) is 0 Å². The minimum atomic E-state index is -0.421. The largest absolute Gasteiger partial charge is 0.469 e. The van der Waals surface area contributed by atoms with Crippen LogP contribution >= 0.6 is 0 Å². The second-order valence-corrected chi connectivity index (χ2v) is 11.7. The third kappa shape index (κ3) is 14.1. The summed E-state index contributed by atoms with van der Waals surface area (Å²) in [7, 11) is 1.35. The van der Waals surface area contributed by atoms with Gasteiger partial charge in [0, 0.05) is 18.1 Å². The molecule has 0 saturated carbocycles. The molecule has 0 aliphatic carbocycles. The molecule has 1 aliphatic rings. The van der Waals surface area contributed by atoms with Crippen LogP contribution in [0, 0.1) is 0 Å². The molecule has 0 bridgehead atoms. The number of nitrogens with zero attached hydrogens (tertiary/aromatic N) is 1. The first kappa shape index (κ1) is 42.2. The van der Waals surface area contributed by atoms with Crippen molar-refractivity contribution in [1.82, 2.24) is 4.48 Å². The highest BCUT2D eigenvalue weighted by Gasteiger charge is 2.38. The molecule has 1 aromatic heterocycles. The van der Waals surface area contributed by atoms with Gasteiger partial charge in [-0.05, 0) is 46.2 Å². The lowest BCUT2D eigenvalue weighted by Gasteiger charge is -2.37. The molecule has 266 valence electrons. The summed E-state index contributed by atoms with van der Waals surface area (Å²) in [6, 6.07) is 16.9. The standard InChI is InChI=1S/C29H30NO5.C5H10O2.C3H6O2.C2H6/c1-4-21(2)13-14-22(3)29(32)34-20-30(15-17-33-18-16-30)27-19-26(31)25-12-8-11-24(28(25)35-27)23-9-6-5-7-10-23;1-5(2,3)7-4-6;1-3(4)5-2;1-2/h4-14,19H,1,15-18,20H2,2-3H3;4H,1-3H3;1-2H3;1-2H3/q+1;;;/b21-13-,22-14+;;;. The number of ether oxygens (including phenoxy) is 4. The Hall–Kier alpha value is -4.80. The van der Waals surface area contributed by atoms with E-state index < -0.39 is 5.97 Å². The zero-order chi connectivity index (χ0) is 37.0. The Bertz CT molecular complexity index is 1620. The maximum Gasteiger partial charge on any atom is 0.338 e.